The van der Waals surface area contributed by atoms with Crippen molar-refractivity contribution < 1.29 is 0 Å². The average Bonchev–Trinajstić information content (AvgIpc) is 2.29. The molecule has 2 aromatic rings. The Morgan fingerprint density at radius 1 is 1.27 bits per heavy atom. The minimum Gasteiger partial charge on any atom is -0.349 e. The highest BCUT2D eigenvalue weighted by Gasteiger charge is 2.03. The predicted octanol–water partition coefficient (Wildman–Crippen LogP) is 2.06. The van der Waals surface area contributed by atoms with Crippen molar-refractivity contribution in [2.75, 3.05) is 11.2 Å². The molecule has 0 spiro atoms. The van der Waals surface area contributed by atoms with Crippen LogP contribution in [0.2, 0.25) is 0 Å². The fourth-order valence-electron chi connectivity index (χ4n) is 1.20. The first-order valence-corrected chi connectivity index (χ1v) is 5.25. The highest BCUT2D eigenvalue weighted by Crippen LogP contribution is 2.09. The van der Waals surface area contributed by atoms with Gasteiger partial charge in [-0.2, -0.15) is 0 Å². The molecular formula is C10H11ClN4. The molecule has 78 valence electrons. The van der Waals surface area contributed by atoms with E-state index >= 15 is 0 Å². The maximum Gasteiger partial charge on any atom is 0.243 e. The molecule has 0 aliphatic rings. The smallest absolute Gasteiger partial charge is 0.243 e. The zero-order chi connectivity index (χ0) is 10.7. The van der Waals surface area contributed by atoms with E-state index in [9.17, 15) is 0 Å². The zero-order valence-electron chi connectivity index (χ0n) is 8.31. The second-order valence-corrected chi connectivity index (χ2v) is 3.63. The van der Waals surface area contributed by atoms with E-state index in [4.69, 9.17) is 11.6 Å². The van der Waals surface area contributed by atoms with Crippen LogP contribution in [0.5, 0.6) is 0 Å². The van der Waals surface area contributed by atoms with Crippen LogP contribution in [0, 0.1) is 0 Å². The van der Waals surface area contributed by atoms with E-state index < -0.39 is 0 Å². The Morgan fingerprint density at radius 2 is 2.00 bits per heavy atom. The van der Waals surface area contributed by atoms with E-state index in [0.29, 0.717) is 11.8 Å². The molecule has 0 fully saturated rings. The van der Waals surface area contributed by atoms with Gasteiger partial charge in [0.05, 0.1) is 5.52 Å². The van der Waals surface area contributed by atoms with E-state index in [1.165, 1.54) is 0 Å². The minimum absolute atomic E-state index is 0.134. The molecule has 2 rings (SSSR count). The number of anilines is 1. The fraction of sp³-hybridized carbons (Fsp3) is 0.300. The molecule has 0 aliphatic carbocycles. The summed E-state index contributed by atoms with van der Waals surface area (Å²) in [6.45, 7) is 1.96. The van der Waals surface area contributed by atoms with E-state index in [0.717, 1.165) is 11.0 Å². The third kappa shape index (κ3) is 2.33. The second kappa shape index (κ2) is 4.40. The quantitative estimate of drug-likeness (QED) is 0.808. The van der Waals surface area contributed by atoms with Gasteiger partial charge in [-0.1, -0.05) is 12.1 Å². The lowest BCUT2D eigenvalue weighted by atomic mass is 10.3. The number of halogens is 1. The molecule has 0 saturated carbocycles. The third-order valence-corrected chi connectivity index (χ3v) is 2.43. The molecule has 0 saturated heterocycles. The summed E-state index contributed by atoms with van der Waals surface area (Å²) in [5.74, 6) is 1.03. The van der Waals surface area contributed by atoms with Crippen LogP contribution >= 0.6 is 11.6 Å². The topological polar surface area (TPSA) is 50.7 Å². The van der Waals surface area contributed by atoms with Gasteiger partial charge in [0.2, 0.25) is 5.95 Å². The molecule has 1 unspecified atom stereocenters. The highest BCUT2D eigenvalue weighted by atomic mass is 35.5. The molecule has 1 heterocycles. The van der Waals surface area contributed by atoms with Crippen LogP contribution < -0.4 is 5.32 Å². The number of aromatic nitrogens is 3. The van der Waals surface area contributed by atoms with Crippen LogP contribution in [0.4, 0.5) is 5.95 Å². The summed E-state index contributed by atoms with van der Waals surface area (Å²) in [7, 11) is 0. The lowest BCUT2D eigenvalue weighted by molar-refractivity contribution is 0.868. The van der Waals surface area contributed by atoms with Gasteiger partial charge in [-0.15, -0.1) is 21.8 Å². The number of nitrogens with one attached hydrogen (secondary N) is 1. The Hall–Kier alpha value is -1.42. The minimum atomic E-state index is 0.134. The average molecular weight is 223 g/mol. The van der Waals surface area contributed by atoms with Gasteiger partial charge < -0.3 is 5.32 Å². The SMILES string of the molecule is CC(CCl)Nc1nnc2ccccc2n1. The van der Waals surface area contributed by atoms with Gasteiger partial charge in [0.25, 0.3) is 0 Å². The van der Waals surface area contributed by atoms with Crippen LogP contribution in [0.15, 0.2) is 24.3 Å². The highest BCUT2D eigenvalue weighted by molar-refractivity contribution is 6.18. The van der Waals surface area contributed by atoms with E-state index in [-0.39, 0.29) is 6.04 Å². The summed E-state index contributed by atoms with van der Waals surface area (Å²) in [5.41, 5.74) is 1.62. The van der Waals surface area contributed by atoms with Crippen LogP contribution in [-0.2, 0) is 0 Å². The molecule has 0 bridgehead atoms. The summed E-state index contributed by atoms with van der Waals surface area (Å²) in [4.78, 5) is 4.32. The predicted molar refractivity (Wildman–Crippen MR) is 61.1 cm³/mol. The van der Waals surface area contributed by atoms with Crippen molar-refractivity contribution >= 4 is 28.6 Å². The molecule has 0 aliphatic heterocycles. The first kappa shape index (κ1) is 10.1. The standard InChI is InChI=1S/C10H11ClN4/c1-7(6-11)12-10-13-8-4-2-3-5-9(8)14-15-10/h2-5,7H,6H2,1H3,(H,12,13,15). The van der Waals surface area contributed by atoms with Crippen LogP contribution in [-0.4, -0.2) is 27.1 Å². The maximum absolute atomic E-state index is 5.68. The second-order valence-electron chi connectivity index (χ2n) is 3.32. The molecule has 1 N–H and O–H groups in total. The lowest BCUT2D eigenvalue weighted by Crippen LogP contribution is -2.18. The van der Waals surface area contributed by atoms with Crippen molar-refractivity contribution in [3.63, 3.8) is 0 Å². The van der Waals surface area contributed by atoms with Gasteiger partial charge in [-0.25, -0.2) is 4.98 Å². The largest absolute Gasteiger partial charge is 0.349 e. The third-order valence-electron chi connectivity index (χ3n) is 1.97. The van der Waals surface area contributed by atoms with Gasteiger partial charge >= 0.3 is 0 Å². The van der Waals surface area contributed by atoms with E-state index in [2.05, 4.69) is 20.5 Å². The number of para-hydroxylation sites is 1. The Labute approximate surface area is 92.7 Å². The Bertz CT molecular complexity index is 460. The summed E-state index contributed by atoms with van der Waals surface area (Å²) < 4.78 is 0. The lowest BCUT2D eigenvalue weighted by Gasteiger charge is -2.09. The molecule has 1 aromatic heterocycles. The molecule has 4 nitrogen and oxygen atoms in total. The normalized spacial score (nSPS) is 12.7. The molecular weight excluding hydrogens is 212 g/mol. The van der Waals surface area contributed by atoms with Gasteiger partial charge in [0.15, 0.2) is 0 Å². The van der Waals surface area contributed by atoms with Crippen LogP contribution in [0.3, 0.4) is 0 Å². The molecule has 15 heavy (non-hydrogen) atoms. The van der Waals surface area contributed by atoms with Crippen molar-refractivity contribution in [2.45, 2.75) is 13.0 Å². The van der Waals surface area contributed by atoms with Gasteiger partial charge in [-0.3, -0.25) is 0 Å². The van der Waals surface area contributed by atoms with E-state index in [1.54, 1.807) is 0 Å². The van der Waals surface area contributed by atoms with Gasteiger partial charge in [0.1, 0.15) is 5.52 Å². The monoisotopic (exact) mass is 222 g/mol. The van der Waals surface area contributed by atoms with E-state index in [1.807, 2.05) is 31.2 Å². The number of fused-ring (bicyclic) bond motifs is 1. The number of benzene rings is 1. The molecule has 0 radical (unpaired) electrons. The summed E-state index contributed by atoms with van der Waals surface area (Å²) in [5, 5.41) is 11.1. The van der Waals surface area contributed by atoms with Gasteiger partial charge in [0, 0.05) is 11.9 Å². The maximum atomic E-state index is 5.68. The molecule has 5 heteroatoms. The van der Waals surface area contributed by atoms with Crippen LogP contribution in [0.25, 0.3) is 11.0 Å². The Kier molecular flexibility index (Phi) is 2.97. The number of nitrogens with zero attached hydrogens (tertiary/aromatic N) is 3. The number of hydrogen-bond donors (Lipinski definition) is 1. The number of hydrogen-bond acceptors (Lipinski definition) is 4. The van der Waals surface area contributed by atoms with Crippen molar-refractivity contribution in [3.8, 4) is 0 Å². The number of rotatable bonds is 3. The first-order valence-electron chi connectivity index (χ1n) is 4.71. The van der Waals surface area contributed by atoms with Crippen molar-refractivity contribution in [1.82, 2.24) is 15.2 Å². The summed E-state index contributed by atoms with van der Waals surface area (Å²) in [6, 6.07) is 7.75. The Morgan fingerprint density at radius 3 is 2.73 bits per heavy atom. The van der Waals surface area contributed by atoms with Crippen LogP contribution in [0.1, 0.15) is 6.92 Å². The fourth-order valence-corrected chi connectivity index (χ4v) is 1.28. The summed E-state index contributed by atoms with van der Waals surface area (Å²) in [6.07, 6.45) is 0. The van der Waals surface area contributed by atoms with Crippen molar-refractivity contribution in [1.29, 1.82) is 0 Å². The molecule has 1 aromatic carbocycles. The first-order chi connectivity index (χ1) is 7.29. The zero-order valence-corrected chi connectivity index (χ0v) is 9.07. The summed E-state index contributed by atoms with van der Waals surface area (Å²) >= 11 is 5.68. The van der Waals surface area contributed by atoms with Gasteiger partial charge in [-0.05, 0) is 19.1 Å². The molecule has 1 atom stereocenters. The Balaban J connectivity index is 2.30. The van der Waals surface area contributed by atoms with Crippen molar-refractivity contribution in [3.05, 3.63) is 24.3 Å². The molecule has 0 amide bonds. The van der Waals surface area contributed by atoms with Crippen molar-refractivity contribution in [2.24, 2.45) is 0 Å². The number of alkyl halides is 1.